The summed E-state index contributed by atoms with van der Waals surface area (Å²) < 4.78 is 27.7. The van der Waals surface area contributed by atoms with E-state index in [2.05, 4.69) is 15.0 Å². The molecule has 118 valence electrons. The molecule has 0 unspecified atom stereocenters. The lowest BCUT2D eigenvalue weighted by molar-refractivity contribution is 0.0954. The van der Waals surface area contributed by atoms with Crippen LogP contribution in [-0.4, -0.2) is 37.0 Å². The number of carbonyl (C=O) groups is 1. The van der Waals surface area contributed by atoms with E-state index < -0.39 is 10.0 Å². The van der Waals surface area contributed by atoms with Crippen molar-refractivity contribution in [3.8, 4) is 0 Å². The fraction of sp³-hybridized carbons (Fsp3) is 0.231. The lowest BCUT2D eigenvalue weighted by Crippen LogP contribution is -2.34. The maximum atomic E-state index is 11.9. The summed E-state index contributed by atoms with van der Waals surface area (Å²) >= 11 is 5.90. The number of hydrogen-bond acceptors (Lipinski definition) is 4. The molecule has 7 nitrogen and oxygen atoms in total. The third kappa shape index (κ3) is 4.06. The van der Waals surface area contributed by atoms with Crippen LogP contribution in [0.2, 0.25) is 5.02 Å². The molecular formula is C13H15ClN4O3S. The molecule has 9 heteroatoms. The standard InChI is InChI=1S/C13H15ClN4O3S/c1-18-8-12(16-9-18)22(20,21)17-7-6-15-13(19)10-4-2-3-5-11(10)14/h2-5,8-9,17H,6-7H2,1H3,(H,15,19). The number of rotatable bonds is 6. The minimum absolute atomic E-state index is 0.0507. The third-order valence-corrected chi connectivity index (χ3v) is 4.45. The lowest BCUT2D eigenvalue weighted by Gasteiger charge is -2.07. The second-order valence-corrected chi connectivity index (χ2v) is 6.63. The van der Waals surface area contributed by atoms with Crippen LogP contribution in [-0.2, 0) is 17.1 Å². The number of amides is 1. The Morgan fingerprint density at radius 3 is 2.68 bits per heavy atom. The van der Waals surface area contributed by atoms with Gasteiger partial charge in [0, 0.05) is 26.3 Å². The predicted molar refractivity (Wildman–Crippen MR) is 82.2 cm³/mol. The summed E-state index contributed by atoms with van der Waals surface area (Å²) in [6.07, 6.45) is 2.79. The van der Waals surface area contributed by atoms with Crippen LogP contribution in [0.3, 0.4) is 0 Å². The van der Waals surface area contributed by atoms with Crippen LogP contribution in [0, 0.1) is 0 Å². The molecule has 0 aliphatic heterocycles. The van der Waals surface area contributed by atoms with Gasteiger partial charge in [-0.05, 0) is 12.1 Å². The van der Waals surface area contributed by atoms with E-state index in [9.17, 15) is 13.2 Å². The van der Waals surface area contributed by atoms with Crippen molar-refractivity contribution >= 4 is 27.5 Å². The molecule has 0 spiro atoms. The number of benzene rings is 1. The highest BCUT2D eigenvalue weighted by Crippen LogP contribution is 2.14. The van der Waals surface area contributed by atoms with Gasteiger partial charge >= 0.3 is 0 Å². The van der Waals surface area contributed by atoms with Gasteiger partial charge in [-0.1, -0.05) is 23.7 Å². The second kappa shape index (κ2) is 6.91. The molecule has 0 saturated carbocycles. The zero-order valence-corrected chi connectivity index (χ0v) is 13.4. The minimum atomic E-state index is -3.67. The molecular weight excluding hydrogens is 328 g/mol. The fourth-order valence-corrected chi connectivity index (χ4v) is 2.93. The first-order valence-corrected chi connectivity index (χ1v) is 8.26. The molecule has 0 atom stereocenters. The van der Waals surface area contributed by atoms with Gasteiger partial charge in [0.05, 0.1) is 16.9 Å². The van der Waals surface area contributed by atoms with Crippen LogP contribution < -0.4 is 10.0 Å². The molecule has 0 bridgehead atoms. The number of nitrogens with zero attached hydrogens (tertiary/aromatic N) is 2. The number of hydrogen-bond donors (Lipinski definition) is 2. The molecule has 1 amide bonds. The van der Waals surface area contributed by atoms with E-state index in [-0.39, 0.29) is 24.0 Å². The maximum Gasteiger partial charge on any atom is 0.259 e. The van der Waals surface area contributed by atoms with E-state index in [1.807, 2.05) is 0 Å². The van der Waals surface area contributed by atoms with Crippen LogP contribution in [0.25, 0.3) is 0 Å². The van der Waals surface area contributed by atoms with Gasteiger partial charge in [0.25, 0.3) is 15.9 Å². The van der Waals surface area contributed by atoms with Crippen molar-refractivity contribution in [3.63, 3.8) is 0 Å². The number of aryl methyl sites for hydroxylation is 1. The van der Waals surface area contributed by atoms with Gasteiger partial charge in [0.1, 0.15) is 0 Å². The number of halogens is 1. The number of sulfonamides is 1. The van der Waals surface area contributed by atoms with Crippen molar-refractivity contribution in [2.45, 2.75) is 5.03 Å². The van der Waals surface area contributed by atoms with Gasteiger partial charge in [0.2, 0.25) is 0 Å². The molecule has 0 radical (unpaired) electrons. The summed E-state index contributed by atoms with van der Waals surface area (Å²) in [4.78, 5) is 15.6. The molecule has 22 heavy (non-hydrogen) atoms. The van der Waals surface area contributed by atoms with Crippen molar-refractivity contribution in [3.05, 3.63) is 47.4 Å². The van der Waals surface area contributed by atoms with Crippen LogP contribution in [0.5, 0.6) is 0 Å². The Morgan fingerprint density at radius 1 is 1.32 bits per heavy atom. The predicted octanol–water partition coefficient (Wildman–Crippen LogP) is 0.782. The quantitative estimate of drug-likeness (QED) is 0.759. The monoisotopic (exact) mass is 342 g/mol. The zero-order chi connectivity index (χ0) is 16.2. The van der Waals surface area contributed by atoms with E-state index in [1.54, 1.807) is 31.3 Å². The van der Waals surface area contributed by atoms with Crippen LogP contribution in [0.15, 0.2) is 41.8 Å². The Labute approximate surface area is 133 Å². The van der Waals surface area contributed by atoms with Crippen molar-refractivity contribution in [1.29, 1.82) is 0 Å². The minimum Gasteiger partial charge on any atom is -0.351 e. The van der Waals surface area contributed by atoms with Gasteiger partial charge in [-0.25, -0.2) is 18.1 Å². The van der Waals surface area contributed by atoms with Gasteiger partial charge in [-0.15, -0.1) is 0 Å². The van der Waals surface area contributed by atoms with E-state index in [1.165, 1.54) is 17.1 Å². The third-order valence-electron chi connectivity index (χ3n) is 2.78. The fourth-order valence-electron chi connectivity index (χ4n) is 1.70. The number of nitrogens with one attached hydrogen (secondary N) is 2. The van der Waals surface area contributed by atoms with Crippen molar-refractivity contribution < 1.29 is 13.2 Å². The SMILES string of the molecule is Cn1cnc(S(=O)(=O)NCCNC(=O)c2ccccc2Cl)c1. The molecule has 0 aliphatic carbocycles. The smallest absolute Gasteiger partial charge is 0.259 e. The van der Waals surface area contributed by atoms with Gasteiger partial charge in [-0.2, -0.15) is 0 Å². The Balaban J connectivity index is 1.85. The molecule has 1 aromatic carbocycles. The Hall–Kier alpha value is -1.90. The molecule has 0 aliphatic rings. The second-order valence-electron chi connectivity index (χ2n) is 4.51. The van der Waals surface area contributed by atoms with Gasteiger partial charge < -0.3 is 9.88 Å². The first-order chi connectivity index (χ1) is 10.4. The summed E-state index contributed by atoms with van der Waals surface area (Å²) in [7, 11) is -1.99. The highest BCUT2D eigenvalue weighted by atomic mass is 35.5. The largest absolute Gasteiger partial charge is 0.351 e. The molecule has 2 rings (SSSR count). The molecule has 0 fully saturated rings. The summed E-state index contributed by atoms with van der Waals surface area (Å²) in [5.41, 5.74) is 0.344. The van der Waals surface area contributed by atoms with E-state index >= 15 is 0 Å². The van der Waals surface area contributed by atoms with Crippen molar-refractivity contribution in [2.75, 3.05) is 13.1 Å². The first-order valence-electron chi connectivity index (χ1n) is 6.40. The molecule has 2 N–H and O–H groups in total. The number of carbonyl (C=O) groups excluding carboxylic acids is 1. The summed E-state index contributed by atoms with van der Waals surface area (Å²) in [5, 5.41) is 2.87. The Morgan fingerprint density at radius 2 is 2.05 bits per heavy atom. The van der Waals surface area contributed by atoms with Crippen LogP contribution in [0.1, 0.15) is 10.4 Å². The molecule has 2 aromatic rings. The van der Waals surface area contributed by atoms with Gasteiger partial charge in [0.15, 0.2) is 5.03 Å². The van der Waals surface area contributed by atoms with Gasteiger partial charge in [-0.3, -0.25) is 4.79 Å². The summed E-state index contributed by atoms with van der Waals surface area (Å²) in [6, 6.07) is 6.63. The number of imidazole rings is 1. The lowest BCUT2D eigenvalue weighted by atomic mass is 10.2. The van der Waals surface area contributed by atoms with E-state index in [4.69, 9.17) is 11.6 Å². The molecule has 1 heterocycles. The average molecular weight is 343 g/mol. The first kappa shape index (κ1) is 16.5. The zero-order valence-electron chi connectivity index (χ0n) is 11.8. The Bertz CT molecular complexity index is 773. The molecule has 1 aromatic heterocycles. The maximum absolute atomic E-state index is 11.9. The van der Waals surface area contributed by atoms with Crippen molar-refractivity contribution in [1.82, 2.24) is 19.6 Å². The Kier molecular flexibility index (Phi) is 5.17. The molecule has 0 saturated heterocycles. The topological polar surface area (TPSA) is 93.1 Å². The van der Waals surface area contributed by atoms with Crippen molar-refractivity contribution in [2.24, 2.45) is 7.05 Å². The normalized spacial score (nSPS) is 11.4. The highest BCUT2D eigenvalue weighted by molar-refractivity contribution is 7.89. The number of aromatic nitrogens is 2. The summed E-state index contributed by atoms with van der Waals surface area (Å²) in [5.74, 6) is -0.359. The highest BCUT2D eigenvalue weighted by Gasteiger charge is 2.16. The van der Waals surface area contributed by atoms with Crippen LogP contribution >= 0.6 is 11.6 Å². The average Bonchev–Trinajstić information content (AvgIpc) is 2.91. The van der Waals surface area contributed by atoms with E-state index in [0.29, 0.717) is 10.6 Å². The van der Waals surface area contributed by atoms with Crippen LogP contribution in [0.4, 0.5) is 0 Å². The summed E-state index contributed by atoms with van der Waals surface area (Å²) in [6.45, 7) is 0.186. The van der Waals surface area contributed by atoms with E-state index in [0.717, 1.165) is 0 Å².